The van der Waals surface area contributed by atoms with Gasteiger partial charge in [-0.25, -0.2) is 4.79 Å². The van der Waals surface area contributed by atoms with Gasteiger partial charge < -0.3 is 20.4 Å². The second kappa shape index (κ2) is 9.40. The number of benzene rings is 2. The molecule has 0 aliphatic carbocycles. The fraction of sp³-hybridized carbons (Fsp3) is 0.458. The van der Waals surface area contributed by atoms with Gasteiger partial charge in [0.15, 0.2) is 0 Å². The van der Waals surface area contributed by atoms with Gasteiger partial charge in [-0.1, -0.05) is 12.1 Å². The molecule has 2 aromatic carbocycles. The molecule has 2 aliphatic heterocycles. The number of anilines is 3. The Balaban J connectivity index is 1.48. The standard InChI is InChI=1S/C24H29F3N4O/c1-17-5-4-6-19(13-17)28-23(32)29-20-14-18(24(25,26)27)15-22(16-20)31-11-7-21(8-12-31)30-9-2-3-10-30/h4-6,13-16,21H,2-3,7-12H2,1H3,(H2,28,29,32). The van der Waals surface area contributed by atoms with Crippen LogP contribution in [0.3, 0.4) is 0 Å². The molecule has 2 aromatic rings. The summed E-state index contributed by atoms with van der Waals surface area (Å²) in [5, 5.41) is 5.25. The van der Waals surface area contributed by atoms with Crippen LogP contribution >= 0.6 is 0 Å². The van der Waals surface area contributed by atoms with E-state index in [4.69, 9.17) is 0 Å². The molecule has 32 heavy (non-hydrogen) atoms. The van der Waals surface area contributed by atoms with Gasteiger partial charge in [-0.2, -0.15) is 13.2 Å². The number of aryl methyl sites for hydroxylation is 1. The maximum atomic E-state index is 13.6. The molecule has 2 amide bonds. The number of rotatable bonds is 4. The van der Waals surface area contributed by atoms with Crippen molar-refractivity contribution in [1.29, 1.82) is 0 Å². The molecule has 8 heteroatoms. The minimum Gasteiger partial charge on any atom is -0.371 e. The van der Waals surface area contributed by atoms with E-state index in [0.29, 0.717) is 30.5 Å². The zero-order valence-corrected chi connectivity index (χ0v) is 18.2. The third-order valence-corrected chi connectivity index (χ3v) is 6.27. The number of hydrogen-bond donors (Lipinski definition) is 2. The van der Waals surface area contributed by atoms with Gasteiger partial charge in [0.25, 0.3) is 0 Å². The number of halogens is 3. The summed E-state index contributed by atoms with van der Waals surface area (Å²) in [6.07, 6.45) is -0.159. The number of carbonyl (C=O) groups excluding carboxylic acids is 1. The molecule has 5 nitrogen and oxygen atoms in total. The number of likely N-dealkylation sites (tertiary alicyclic amines) is 1. The molecule has 2 saturated heterocycles. The first kappa shape index (κ1) is 22.5. The van der Waals surface area contributed by atoms with Crippen molar-refractivity contribution in [3.63, 3.8) is 0 Å². The van der Waals surface area contributed by atoms with E-state index in [1.165, 1.54) is 18.9 Å². The second-order valence-electron chi connectivity index (χ2n) is 8.68. The van der Waals surface area contributed by atoms with Crippen LogP contribution in [0, 0.1) is 6.92 Å². The van der Waals surface area contributed by atoms with Crippen LogP contribution in [0.1, 0.15) is 36.8 Å². The third-order valence-electron chi connectivity index (χ3n) is 6.27. The normalized spacial score (nSPS) is 18.1. The molecule has 0 aromatic heterocycles. The van der Waals surface area contributed by atoms with Crippen molar-refractivity contribution < 1.29 is 18.0 Å². The summed E-state index contributed by atoms with van der Waals surface area (Å²) in [4.78, 5) is 16.9. The van der Waals surface area contributed by atoms with Crippen molar-refractivity contribution in [2.45, 2.75) is 44.8 Å². The number of nitrogens with zero attached hydrogens (tertiary/aromatic N) is 2. The maximum Gasteiger partial charge on any atom is 0.416 e. The van der Waals surface area contributed by atoms with Gasteiger partial charge in [-0.3, -0.25) is 0 Å². The van der Waals surface area contributed by atoms with Gasteiger partial charge in [-0.05, 0) is 81.6 Å². The number of carbonyl (C=O) groups is 1. The zero-order chi connectivity index (χ0) is 22.7. The number of urea groups is 1. The third kappa shape index (κ3) is 5.54. The first-order valence-corrected chi connectivity index (χ1v) is 11.1. The van der Waals surface area contributed by atoms with Crippen LogP contribution in [0.2, 0.25) is 0 Å². The molecule has 0 radical (unpaired) electrons. The maximum absolute atomic E-state index is 13.6. The summed E-state index contributed by atoms with van der Waals surface area (Å²) >= 11 is 0. The highest BCUT2D eigenvalue weighted by Crippen LogP contribution is 2.35. The minimum atomic E-state index is -4.49. The summed E-state index contributed by atoms with van der Waals surface area (Å²) in [6, 6.07) is 11.0. The van der Waals surface area contributed by atoms with Crippen molar-refractivity contribution in [2.75, 3.05) is 41.7 Å². The highest BCUT2D eigenvalue weighted by atomic mass is 19.4. The Bertz CT molecular complexity index is 949. The number of amides is 2. The summed E-state index contributed by atoms with van der Waals surface area (Å²) in [6.45, 7) is 5.56. The molecular weight excluding hydrogens is 417 g/mol. The number of alkyl halides is 3. The van der Waals surface area contributed by atoms with Crippen molar-refractivity contribution in [1.82, 2.24) is 4.90 Å². The average molecular weight is 447 g/mol. The minimum absolute atomic E-state index is 0.127. The van der Waals surface area contributed by atoms with Crippen molar-refractivity contribution >= 4 is 23.1 Å². The van der Waals surface area contributed by atoms with Crippen LogP contribution in [0.4, 0.5) is 35.0 Å². The molecule has 2 aliphatic rings. The number of nitrogens with one attached hydrogen (secondary N) is 2. The zero-order valence-electron chi connectivity index (χ0n) is 18.2. The van der Waals surface area contributed by atoms with E-state index in [1.807, 2.05) is 17.9 Å². The number of piperidine rings is 1. The quantitative estimate of drug-likeness (QED) is 0.631. The van der Waals surface area contributed by atoms with Crippen LogP contribution in [-0.4, -0.2) is 43.2 Å². The lowest BCUT2D eigenvalue weighted by Crippen LogP contribution is -2.43. The monoisotopic (exact) mass is 446 g/mol. The molecule has 0 bridgehead atoms. The number of hydrogen-bond acceptors (Lipinski definition) is 3. The molecule has 2 N–H and O–H groups in total. The largest absolute Gasteiger partial charge is 0.416 e. The molecule has 2 fully saturated rings. The summed E-state index contributed by atoms with van der Waals surface area (Å²) in [7, 11) is 0. The first-order valence-electron chi connectivity index (χ1n) is 11.1. The molecule has 0 spiro atoms. The molecular formula is C24H29F3N4O. The van der Waals surface area contributed by atoms with Gasteiger partial charge in [-0.15, -0.1) is 0 Å². The van der Waals surface area contributed by atoms with Crippen LogP contribution in [0.25, 0.3) is 0 Å². The lowest BCUT2D eigenvalue weighted by Gasteiger charge is -2.38. The fourth-order valence-electron chi connectivity index (χ4n) is 4.64. The Kier molecular flexibility index (Phi) is 6.60. The molecule has 2 heterocycles. The van der Waals surface area contributed by atoms with E-state index >= 15 is 0 Å². The predicted octanol–water partition coefficient (Wildman–Crippen LogP) is 5.72. The first-order chi connectivity index (χ1) is 15.3. The second-order valence-corrected chi connectivity index (χ2v) is 8.68. The highest BCUT2D eigenvalue weighted by Gasteiger charge is 2.33. The topological polar surface area (TPSA) is 47.6 Å². The Labute approximate surface area is 186 Å². The van der Waals surface area contributed by atoms with E-state index in [9.17, 15) is 18.0 Å². The van der Waals surface area contributed by atoms with Crippen molar-refractivity contribution in [3.05, 3.63) is 53.6 Å². The Morgan fingerprint density at radius 2 is 1.62 bits per heavy atom. The Morgan fingerprint density at radius 3 is 2.28 bits per heavy atom. The van der Waals surface area contributed by atoms with Crippen LogP contribution in [-0.2, 0) is 6.18 Å². The molecule has 172 valence electrons. The van der Waals surface area contributed by atoms with E-state index in [2.05, 4.69) is 15.5 Å². The van der Waals surface area contributed by atoms with Crippen LogP contribution < -0.4 is 15.5 Å². The van der Waals surface area contributed by atoms with Crippen molar-refractivity contribution in [2.24, 2.45) is 0 Å². The SMILES string of the molecule is Cc1cccc(NC(=O)Nc2cc(N3CCC(N4CCCC4)CC3)cc(C(F)(F)F)c2)c1. The highest BCUT2D eigenvalue weighted by molar-refractivity contribution is 6.00. The summed E-state index contributed by atoms with van der Waals surface area (Å²) in [5.41, 5.74) is 1.41. The summed E-state index contributed by atoms with van der Waals surface area (Å²) < 4.78 is 40.7. The molecule has 0 atom stereocenters. The Morgan fingerprint density at radius 1 is 0.938 bits per heavy atom. The van der Waals surface area contributed by atoms with Crippen molar-refractivity contribution in [3.8, 4) is 0 Å². The predicted molar refractivity (Wildman–Crippen MR) is 121 cm³/mol. The van der Waals surface area contributed by atoms with E-state index < -0.39 is 17.8 Å². The van der Waals surface area contributed by atoms with Gasteiger partial charge >= 0.3 is 12.2 Å². The molecule has 0 saturated carbocycles. The van der Waals surface area contributed by atoms with E-state index in [-0.39, 0.29) is 5.69 Å². The molecule has 4 rings (SSSR count). The lowest BCUT2D eigenvalue weighted by molar-refractivity contribution is -0.137. The fourth-order valence-corrected chi connectivity index (χ4v) is 4.64. The van der Waals surface area contributed by atoms with E-state index in [1.54, 1.807) is 24.3 Å². The van der Waals surface area contributed by atoms with Gasteiger partial charge in [0, 0.05) is 36.2 Å². The van der Waals surface area contributed by atoms with E-state index in [0.717, 1.165) is 37.6 Å². The molecule has 0 unspecified atom stereocenters. The smallest absolute Gasteiger partial charge is 0.371 e. The van der Waals surface area contributed by atoms with Gasteiger partial charge in [0.05, 0.1) is 5.56 Å². The Hall–Kier alpha value is -2.74. The van der Waals surface area contributed by atoms with Crippen LogP contribution in [0.15, 0.2) is 42.5 Å². The van der Waals surface area contributed by atoms with Gasteiger partial charge in [0.2, 0.25) is 0 Å². The average Bonchev–Trinajstić information content (AvgIpc) is 3.28. The summed E-state index contributed by atoms with van der Waals surface area (Å²) in [5.74, 6) is 0. The van der Waals surface area contributed by atoms with Crippen LogP contribution in [0.5, 0.6) is 0 Å². The lowest BCUT2D eigenvalue weighted by atomic mass is 10.0. The van der Waals surface area contributed by atoms with Gasteiger partial charge in [0.1, 0.15) is 0 Å².